The molecule has 2 heteroatoms. The monoisotopic (exact) mass is 170 g/mol. The van der Waals surface area contributed by atoms with Crippen molar-refractivity contribution in [2.75, 3.05) is 19.6 Å². The lowest BCUT2D eigenvalue weighted by atomic mass is 9.93. The standard InChI is InChI=1S/C10H20N2.H2/c1-8(2)12-6-4-10-9(7-12)3-5-11-10;/h8-11H,3-7H2,1-2H3;1H. The van der Waals surface area contributed by atoms with Crippen LogP contribution in [-0.4, -0.2) is 36.6 Å². The number of fused-ring (bicyclic) bond motifs is 1. The van der Waals surface area contributed by atoms with Crippen LogP contribution in [0.3, 0.4) is 0 Å². The summed E-state index contributed by atoms with van der Waals surface area (Å²) in [7, 11) is 0. The fraction of sp³-hybridized carbons (Fsp3) is 1.00. The van der Waals surface area contributed by atoms with Crippen molar-refractivity contribution in [2.24, 2.45) is 5.92 Å². The lowest BCUT2D eigenvalue weighted by Gasteiger charge is -2.37. The molecule has 0 aromatic heterocycles. The third-order valence-electron chi connectivity index (χ3n) is 3.42. The maximum absolute atomic E-state index is 3.59. The Hall–Kier alpha value is -0.0800. The Bertz CT molecular complexity index is 161. The predicted molar refractivity (Wildman–Crippen MR) is 53.3 cm³/mol. The van der Waals surface area contributed by atoms with Crippen molar-refractivity contribution in [3.63, 3.8) is 0 Å². The second-order valence-corrected chi connectivity index (χ2v) is 4.49. The van der Waals surface area contributed by atoms with Gasteiger partial charge in [-0.25, -0.2) is 0 Å². The Labute approximate surface area is 76.8 Å². The summed E-state index contributed by atoms with van der Waals surface area (Å²) in [6, 6.07) is 1.59. The molecule has 0 aliphatic carbocycles. The second kappa shape index (κ2) is 3.35. The fourth-order valence-corrected chi connectivity index (χ4v) is 2.54. The average molecular weight is 170 g/mol. The highest BCUT2D eigenvalue weighted by molar-refractivity contribution is 4.90. The van der Waals surface area contributed by atoms with Crippen molar-refractivity contribution in [3.8, 4) is 0 Å². The summed E-state index contributed by atoms with van der Waals surface area (Å²) in [5.74, 6) is 0.946. The van der Waals surface area contributed by atoms with E-state index in [1.54, 1.807) is 0 Å². The van der Waals surface area contributed by atoms with Crippen LogP contribution < -0.4 is 5.32 Å². The molecule has 0 amide bonds. The molecule has 0 spiro atoms. The van der Waals surface area contributed by atoms with E-state index >= 15 is 0 Å². The minimum atomic E-state index is 0. The van der Waals surface area contributed by atoms with Gasteiger partial charge in [0.05, 0.1) is 0 Å². The molecule has 0 bridgehead atoms. The Morgan fingerprint density at radius 1 is 1.42 bits per heavy atom. The molecular weight excluding hydrogens is 148 g/mol. The van der Waals surface area contributed by atoms with E-state index in [-0.39, 0.29) is 1.43 Å². The van der Waals surface area contributed by atoms with Crippen molar-refractivity contribution in [1.82, 2.24) is 10.2 Å². The molecule has 2 fully saturated rings. The van der Waals surface area contributed by atoms with E-state index in [9.17, 15) is 0 Å². The van der Waals surface area contributed by atoms with Gasteiger partial charge in [-0.2, -0.15) is 0 Å². The van der Waals surface area contributed by atoms with Gasteiger partial charge >= 0.3 is 0 Å². The van der Waals surface area contributed by atoms with Gasteiger partial charge in [0, 0.05) is 20.1 Å². The largest absolute Gasteiger partial charge is 0.314 e. The van der Waals surface area contributed by atoms with Crippen LogP contribution in [0.5, 0.6) is 0 Å². The van der Waals surface area contributed by atoms with Crippen molar-refractivity contribution < 1.29 is 1.43 Å². The van der Waals surface area contributed by atoms with Crippen LogP contribution in [0.4, 0.5) is 0 Å². The lowest BCUT2D eigenvalue weighted by molar-refractivity contribution is 0.130. The highest BCUT2D eigenvalue weighted by Crippen LogP contribution is 2.25. The number of hydrogen-bond acceptors (Lipinski definition) is 2. The molecule has 2 saturated heterocycles. The van der Waals surface area contributed by atoms with Gasteiger partial charge in [-0.1, -0.05) is 0 Å². The predicted octanol–water partition coefficient (Wildman–Crippen LogP) is 1.32. The van der Waals surface area contributed by atoms with Crippen LogP contribution in [0, 0.1) is 5.92 Å². The average Bonchev–Trinajstić information content (AvgIpc) is 2.49. The zero-order valence-corrected chi connectivity index (χ0v) is 8.21. The first-order valence-electron chi connectivity index (χ1n) is 5.25. The van der Waals surface area contributed by atoms with Crippen LogP contribution >= 0.6 is 0 Å². The van der Waals surface area contributed by atoms with Gasteiger partial charge in [0.1, 0.15) is 0 Å². The molecule has 2 unspecified atom stereocenters. The molecule has 0 aromatic carbocycles. The summed E-state index contributed by atoms with van der Waals surface area (Å²) in [5.41, 5.74) is 0. The van der Waals surface area contributed by atoms with Gasteiger partial charge in [-0.05, 0) is 45.7 Å². The van der Waals surface area contributed by atoms with E-state index in [1.807, 2.05) is 0 Å². The quantitative estimate of drug-likeness (QED) is 0.638. The smallest absolute Gasteiger partial charge is 0.0120 e. The summed E-state index contributed by atoms with van der Waals surface area (Å²) in [4.78, 5) is 2.62. The van der Waals surface area contributed by atoms with Crippen molar-refractivity contribution >= 4 is 0 Å². The van der Waals surface area contributed by atoms with Crippen molar-refractivity contribution in [1.29, 1.82) is 0 Å². The van der Waals surface area contributed by atoms with Gasteiger partial charge in [-0.3, -0.25) is 0 Å². The minimum Gasteiger partial charge on any atom is -0.314 e. The zero-order chi connectivity index (χ0) is 8.55. The third-order valence-corrected chi connectivity index (χ3v) is 3.42. The summed E-state index contributed by atoms with van der Waals surface area (Å²) < 4.78 is 0. The Morgan fingerprint density at radius 2 is 2.25 bits per heavy atom. The summed E-state index contributed by atoms with van der Waals surface area (Å²) in [5, 5.41) is 3.59. The molecule has 2 atom stereocenters. The SMILES string of the molecule is CC(C)N1CCC2NCCC2C1.[HH]. The second-order valence-electron chi connectivity index (χ2n) is 4.49. The van der Waals surface area contributed by atoms with E-state index in [2.05, 4.69) is 24.1 Å². The fourth-order valence-electron chi connectivity index (χ4n) is 2.54. The van der Waals surface area contributed by atoms with Crippen LogP contribution in [0.2, 0.25) is 0 Å². The number of hydrogen-bond donors (Lipinski definition) is 1. The topological polar surface area (TPSA) is 15.3 Å². The maximum atomic E-state index is 3.59. The number of rotatable bonds is 1. The number of nitrogens with one attached hydrogen (secondary N) is 1. The lowest BCUT2D eigenvalue weighted by Crippen LogP contribution is -2.46. The highest BCUT2D eigenvalue weighted by atomic mass is 15.2. The number of nitrogens with zero attached hydrogens (tertiary/aromatic N) is 1. The van der Waals surface area contributed by atoms with Crippen molar-refractivity contribution in [3.05, 3.63) is 0 Å². The first kappa shape index (κ1) is 8.52. The van der Waals surface area contributed by atoms with Crippen LogP contribution in [-0.2, 0) is 0 Å². The molecule has 1 N–H and O–H groups in total. The minimum absolute atomic E-state index is 0. The van der Waals surface area contributed by atoms with E-state index < -0.39 is 0 Å². The first-order chi connectivity index (χ1) is 5.77. The molecule has 2 rings (SSSR count). The van der Waals surface area contributed by atoms with E-state index in [0.29, 0.717) is 0 Å². The molecule has 2 aliphatic rings. The normalized spacial score (nSPS) is 37.2. The van der Waals surface area contributed by atoms with Crippen LogP contribution in [0.1, 0.15) is 28.1 Å². The molecule has 72 valence electrons. The number of likely N-dealkylation sites (tertiary alicyclic amines) is 1. The van der Waals surface area contributed by atoms with Gasteiger partial charge in [0.2, 0.25) is 0 Å². The van der Waals surface area contributed by atoms with Gasteiger partial charge in [-0.15, -0.1) is 0 Å². The van der Waals surface area contributed by atoms with Gasteiger partial charge in [0.15, 0.2) is 0 Å². The van der Waals surface area contributed by atoms with Crippen LogP contribution in [0.25, 0.3) is 0 Å². The maximum Gasteiger partial charge on any atom is 0.0120 e. The summed E-state index contributed by atoms with van der Waals surface area (Å²) >= 11 is 0. The molecule has 2 heterocycles. The Morgan fingerprint density at radius 3 is 3.00 bits per heavy atom. The molecular formula is C10H22N2. The molecule has 2 nitrogen and oxygen atoms in total. The molecule has 0 saturated carbocycles. The number of piperidine rings is 1. The molecule has 2 aliphatic heterocycles. The van der Waals surface area contributed by atoms with Gasteiger partial charge in [0.25, 0.3) is 0 Å². The summed E-state index contributed by atoms with van der Waals surface area (Å²) in [6.45, 7) is 8.49. The molecule has 0 aromatic rings. The molecule has 12 heavy (non-hydrogen) atoms. The van der Waals surface area contributed by atoms with E-state index in [1.165, 1.54) is 32.5 Å². The molecule has 0 radical (unpaired) electrons. The van der Waals surface area contributed by atoms with Gasteiger partial charge < -0.3 is 10.2 Å². The first-order valence-corrected chi connectivity index (χ1v) is 5.25. The zero-order valence-electron chi connectivity index (χ0n) is 8.21. The highest BCUT2D eigenvalue weighted by Gasteiger charge is 2.32. The Balaban J connectivity index is 0.000000845. The van der Waals surface area contributed by atoms with Crippen LogP contribution in [0.15, 0.2) is 0 Å². The van der Waals surface area contributed by atoms with E-state index in [4.69, 9.17) is 0 Å². The van der Waals surface area contributed by atoms with Crippen molar-refractivity contribution in [2.45, 2.75) is 38.8 Å². The van der Waals surface area contributed by atoms with E-state index in [0.717, 1.165) is 18.0 Å². The summed E-state index contributed by atoms with van der Waals surface area (Å²) in [6.07, 6.45) is 2.76. The third kappa shape index (κ3) is 1.50. The Kier molecular flexibility index (Phi) is 2.37.